The van der Waals surface area contributed by atoms with Crippen LogP contribution in [0.5, 0.6) is 0 Å². The molecule has 1 amide bonds. The standard InChI is InChI=1S/C13H19NO/c1-5-9(2)13(15)14-12-10(3)7-6-8-11(12)4/h6-9H,5H2,1-4H3,(H,14,15)/t9-/m0/s1. The molecule has 2 heteroatoms. The van der Waals surface area contributed by atoms with Crippen molar-refractivity contribution in [1.82, 2.24) is 0 Å². The maximum atomic E-state index is 11.7. The number of amides is 1. The van der Waals surface area contributed by atoms with Crippen LogP contribution in [0.3, 0.4) is 0 Å². The van der Waals surface area contributed by atoms with Gasteiger partial charge in [-0.05, 0) is 31.4 Å². The molecule has 0 radical (unpaired) electrons. The van der Waals surface area contributed by atoms with E-state index in [0.717, 1.165) is 23.2 Å². The molecule has 0 spiro atoms. The lowest BCUT2D eigenvalue weighted by Gasteiger charge is -2.14. The van der Waals surface area contributed by atoms with E-state index in [-0.39, 0.29) is 11.8 Å². The normalized spacial score (nSPS) is 12.3. The minimum atomic E-state index is 0.0732. The highest BCUT2D eigenvalue weighted by Crippen LogP contribution is 2.20. The first kappa shape index (κ1) is 11.8. The van der Waals surface area contributed by atoms with E-state index in [2.05, 4.69) is 5.32 Å². The van der Waals surface area contributed by atoms with E-state index in [1.165, 1.54) is 0 Å². The first-order valence-corrected chi connectivity index (χ1v) is 5.43. The van der Waals surface area contributed by atoms with Crippen LogP contribution < -0.4 is 5.32 Å². The predicted molar refractivity (Wildman–Crippen MR) is 64.0 cm³/mol. The summed E-state index contributed by atoms with van der Waals surface area (Å²) < 4.78 is 0. The first-order chi connectivity index (χ1) is 7.06. The van der Waals surface area contributed by atoms with Gasteiger partial charge in [0.15, 0.2) is 0 Å². The van der Waals surface area contributed by atoms with E-state index in [1.807, 2.05) is 45.9 Å². The van der Waals surface area contributed by atoms with Crippen LogP contribution in [0.4, 0.5) is 5.69 Å². The van der Waals surface area contributed by atoms with Crippen molar-refractivity contribution in [2.75, 3.05) is 5.32 Å². The Kier molecular flexibility index (Phi) is 3.89. The number of aryl methyl sites for hydroxylation is 2. The van der Waals surface area contributed by atoms with E-state index >= 15 is 0 Å². The van der Waals surface area contributed by atoms with Crippen LogP contribution in [0.15, 0.2) is 18.2 Å². The van der Waals surface area contributed by atoms with Crippen LogP contribution in [0.1, 0.15) is 31.4 Å². The SMILES string of the molecule is CC[C@H](C)C(=O)Nc1c(C)cccc1C. The molecule has 0 aliphatic heterocycles. The highest BCUT2D eigenvalue weighted by molar-refractivity contribution is 5.93. The van der Waals surface area contributed by atoms with Gasteiger partial charge in [-0.15, -0.1) is 0 Å². The second-order valence-corrected chi connectivity index (χ2v) is 4.07. The maximum Gasteiger partial charge on any atom is 0.227 e. The van der Waals surface area contributed by atoms with Crippen LogP contribution in [-0.2, 0) is 4.79 Å². The van der Waals surface area contributed by atoms with Crippen molar-refractivity contribution in [3.8, 4) is 0 Å². The lowest BCUT2D eigenvalue weighted by molar-refractivity contribution is -0.119. The number of para-hydroxylation sites is 1. The van der Waals surface area contributed by atoms with Gasteiger partial charge in [-0.3, -0.25) is 4.79 Å². The third-order valence-electron chi connectivity index (χ3n) is 2.79. The second-order valence-electron chi connectivity index (χ2n) is 4.07. The largest absolute Gasteiger partial charge is 0.325 e. The molecule has 0 saturated heterocycles. The quantitative estimate of drug-likeness (QED) is 0.806. The van der Waals surface area contributed by atoms with Gasteiger partial charge in [0.05, 0.1) is 0 Å². The molecule has 0 bridgehead atoms. The fourth-order valence-corrected chi connectivity index (χ4v) is 1.44. The zero-order valence-corrected chi connectivity index (χ0v) is 9.92. The monoisotopic (exact) mass is 205 g/mol. The zero-order valence-electron chi connectivity index (χ0n) is 9.92. The van der Waals surface area contributed by atoms with Crippen LogP contribution in [-0.4, -0.2) is 5.91 Å². The lowest BCUT2D eigenvalue weighted by atomic mass is 10.1. The number of nitrogens with one attached hydrogen (secondary N) is 1. The molecule has 82 valence electrons. The van der Waals surface area contributed by atoms with Crippen LogP contribution >= 0.6 is 0 Å². The third kappa shape index (κ3) is 2.82. The Morgan fingerprint density at radius 3 is 2.33 bits per heavy atom. The van der Waals surface area contributed by atoms with E-state index in [4.69, 9.17) is 0 Å². The van der Waals surface area contributed by atoms with Crippen molar-refractivity contribution in [3.05, 3.63) is 29.3 Å². The summed E-state index contributed by atoms with van der Waals surface area (Å²) in [7, 11) is 0. The van der Waals surface area contributed by atoms with E-state index < -0.39 is 0 Å². The highest BCUT2D eigenvalue weighted by Gasteiger charge is 2.12. The molecule has 2 nitrogen and oxygen atoms in total. The molecule has 0 aromatic heterocycles. The first-order valence-electron chi connectivity index (χ1n) is 5.43. The number of carbonyl (C=O) groups is 1. The van der Waals surface area contributed by atoms with Gasteiger partial charge in [-0.1, -0.05) is 32.0 Å². The Hall–Kier alpha value is -1.31. The van der Waals surface area contributed by atoms with Crippen molar-refractivity contribution >= 4 is 11.6 Å². The van der Waals surface area contributed by atoms with Crippen molar-refractivity contribution in [2.45, 2.75) is 34.1 Å². The molecule has 0 aliphatic rings. The minimum absolute atomic E-state index is 0.0732. The molecule has 15 heavy (non-hydrogen) atoms. The number of carbonyl (C=O) groups excluding carboxylic acids is 1. The fourth-order valence-electron chi connectivity index (χ4n) is 1.44. The van der Waals surface area contributed by atoms with E-state index in [0.29, 0.717) is 0 Å². The number of anilines is 1. The fraction of sp³-hybridized carbons (Fsp3) is 0.462. The van der Waals surface area contributed by atoms with Crippen molar-refractivity contribution in [1.29, 1.82) is 0 Å². The number of benzene rings is 1. The smallest absolute Gasteiger partial charge is 0.227 e. The third-order valence-corrected chi connectivity index (χ3v) is 2.79. The van der Waals surface area contributed by atoms with Gasteiger partial charge in [0.2, 0.25) is 5.91 Å². The topological polar surface area (TPSA) is 29.1 Å². The molecule has 0 saturated carbocycles. The van der Waals surface area contributed by atoms with Gasteiger partial charge in [0.25, 0.3) is 0 Å². The Morgan fingerprint density at radius 2 is 1.87 bits per heavy atom. The van der Waals surface area contributed by atoms with Gasteiger partial charge in [0.1, 0.15) is 0 Å². The molecule has 0 unspecified atom stereocenters. The van der Waals surface area contributed by atoms with Gasteiger partial charge < -0.3 is 5.32 Å². The van der Waals surface area contributed by atoms with E-state index in [1.54, 1.807) is 0 Å². The Bertz CT molecular complexity index is 337. The molecule has 0 aliphatic carbocycles. The summed E-state index contributed by atoms with van der Waals surface area (Å²) in [6.07, 6.45) is 0.872. The predicted octanol–water partition coefficient (Wildman–Crippen LogP) is 3.29. The summed E-state index contributed by atoms with van der Waals surface area (Å²) in [6, 6.07) is 6.03. The molecule has 1 N–H and O–H groups in total. The molecular formula is C13H19NO. The van der Waals surface area contributed by atoms with Gasteiger partial charge in [0, 0.05) is 11.6 Å². The van der Waals surface area contributed by atoms with Crippen molar-refractivity contribution < 1.29 is 4.79 Å². The van der Waals surface area contributed by atoms with E-state index in [9.17, 15) is 4.79 Å². The average molecular weight is 205 g/mol. The lowest BCUT2D eigenvalue weighted by Crippen LogP contribution is -2.20. The number of hydrogen-bond donors (Lipinski definition) is 1. The minimum Gasteiger partial charge on any atom is -0.325 e. The molecule has 1 aromatic carbocycles. The summed E-state index contributed by atoms with van der Waals surface area (Å²) in [5.41, 5.74) is 3.20. The van der Waals surface area contributed by atoms with Gasteiger partial charge >= 0.3 is 0 Å². The summed E-state index contributed by atoms with van der Waals surface area (Å²) in [4.78, 5) is 11.7. The molecule has 1 aromatic rings. The molecule has 1 rings (SSSR count). The summed E-state index contributed by atoms with van der Waals surface area (Å²) in [6.45, 7) is 8.00. The zero-order chi connectivity index (χ0) is 11.4. The summed E-state index contributed by atoms with van der Waals surface area (Å²) in [5, 5.41) is 2.99. The number of rotatable bonds is 3. The molecular weight excluding hydrogens is 186 g/mol. The maximum absolute atomic E-state index is 11.7. The highest BCUT2D eigenvalue weighted by atomic mass is 16.1. The Morgan fingerprint density at radius 1 is 1.33 bits per heavy atom. The second kappa shape index (κ2) is 4.96. The summed E-state index contributed by atoms with van der Waals surface area (Å²) in [5.74, 6) is 0.180. The van der Waals surface area contributed by atoms with Gasteiger partial charge in [-0.2, -0.15) is 0 Å². The van der Waals surface area contributed by atoms with Crippen molar-refractivity contribution in [2.24, 2.45) is 5.92 Å². The molecule has 0 heterocycles. The molecule has 1 atom stereocenters. The van der Waals surface area contributed by atoms with Crippen molar-refractivity contribution in [3.63, 3.8) is 0 Å². The Labute approximate surface area is 91.7 Å². The Balaban J connectivity index is 2.85. The molecule has 0 fully saturated rings. The van der Waals surface area contributed by atoms with Gasteiger partial charge in [-0.25, -0.2) is 0 Å². The average Bonchev–Trinajstić information content (AvgIpc) is 2.22. The number of hydrogen-bond acceptors (Lipinski definition) is 1. The van der Waals surface area contributed by atoms with Crippen LogP contribution in [0.25, 0.3) is 0 Å². The summed E-state index contributed by atoms with van der Waals surface area (Å²) >= 11 is 0. The van der Waals surface area contributed by atoms with Crippen LogP contribution in [0, 0.1) is 19.8 Å². The van der Waals surface area contributed by atoms with Crippen LogP contribution in [0.2, 0.25) is 0 Å².